The van der Waals surface area contributed by atoms with Gasteiger partial charge in [0.05, 0.1) is 0 Å². The summed E-state index contributed by atoms with van der Waals surface area (Å²) in [6.45, 7) is 12.0. The van der Waals surface area contributed by atoms with E-state index in [0.29, 0.717) is 6.42 Å². The van der Waals surface area contributed by atoms with E-state index in [2.05, 4.69) is 11.5 Å². The van der Waals surface area contributed by atoms with Gasteiger partial charge < -0.3 is 5.32 Å². The molecule has 1 aromatic carbocycles. The van der Waals surface area contributed by atoms with Crippen LogP contribution in [0.3, 0.4) is 0 Å². The molecule has 174 valence electrons. The van der Waals surface area contributed by atoms with Crippen LogP contribution in [0.1, 0.15) is 52.5 Å². The molecule has 1 unspecified atom stereocenters. The fourth-order valence-electron chi connectivity index (χ4n) is 2.47. The summed E-state index contributed by atoms with van der Waals surface area (Å²) >= 11 is 0. The van der Waals surface area contributed by atoms with Crippen LogP contribution in [0, 0.1) is 40.7 Å². The Hall–Kier alpha value is -2.02. The fourth-order valence-corrected chi connectivity index (χ4v) is 3.39. The average molecular weight is 470 g/mol. The highest BCUT2D eigenvalue weighted by Gasteiger charge is 2.42. The van der Waals surface area contributed by atoms with Gasteiger partial charge in [-0.3, -0.25) is 4.79 Å². The molecule has 0 bridgehead atoms. The van der Waals surface area contributed by atoms with Gasteiger partial charge >= 0.3 is 6.18 Å². The topological polar surface area (TPSA) is 29.1 Å². The molecule has 0 heterocycles. The molecule has 1 N–H and O–H groups in total. The summed E-state index contributed by atoms with van der Waals surface area (Å²) in [5.41, 5.74) is -1.09. The third-order valence-electron chi connectivity index (χ3n) is 5.43. The highest BCUT2D eigenvalue weighted by atomic mass is 28.3. The average Bonchev–Trinajstić information content (AvgIpc) is 2.60. The Morgan fingerprint density at radius 2 is 1.48 bits per heavy atom. The molecule has 1 rings (SSSR count). The molecule has 1 atom stereocenters. The molecular formula is C21H26F7NOSi. The third-order valence-corrected chi connectivity index (χ3v) is 9.98. The van der Waals surface area contributed by atoms with Crippen LogP contribution in [0.2, 0.25) is 18.1 Å². The van der Waals surface area contributed by atoms with Gasteiger partial charge in [-0.2, -0.15) is 13.2 Å². The van der Waals surface area contributed by atoms with E-state index in [1.54, 1.807) is 12.2 Å². The van der Waals surface area contributed by atoms with Crippen LogP contribution >= 0.6 is 0 Å². The standard InChI is InChI=1S/C21H26F7NOSi/c1-7-9-12(10-8-11-31(5,6)20(2,3)4)19(30)29-18-16(24)14(22)13(21(26,27)28)15(23)17(18)25/h12H,7,9-10H2,1-6H3,(H,29,30). The van der Waals surface area contributed by atoms with Gasteiger partial charge in [0.15, 0.2) is 23.3 Å². The molecule has 0 aromatic heterocycles. The van der Waals surface area contributed by atoms with E-state index in [1.807, 2.05) is 33.9 Å². The Morgan fingerprint density at radius 3 is 1.87 bits per heavy atom. The normalized spacial score (nSPS) is 13.5. The molecule has 1 aromatic rings. The number of nitrogens with one attached hydrogen (secondary N) is 1. The highest BCUT2D eigenvalue weighted by Crippen LogP contribution is 2.39. The number of benzene rings is 1. The first kappa shape index (κ1) is 27.0. The minimum Gasteiger partial charge on any atom is -0.321 e. The first-order valence-corrected chi connectivity index (χ1v) is 12.7. The lowest BCUT2D eigenvalue weighted by Gasteiger charge is -2.31. The molecule has 31 heavy (non-hydrogen) atoms. The van der Waals surface area contributed by atoms with Gasteiger partial charge in [-0.15, -0.1) is 11.5 Å². The minimum absolute atomic E-state index is 0.0288. The lowest BCUT2D eigenvalue weighted by Crippen LogP contribution is -2.35. The summed E-state index contributed by atoms with van der Waals surface area (Å²) in [5.74, 6) is -8.79. The van der Waals surface area contributed by atoms with E-state index >= 15 is 0 Å². The molecule has 0 aliphatic heterocycles. The number of rotatable bonds is 5. The SMILES string of the molecule is CCCC(CC#C[Si](C)(C)C(C)(C)C)C(=O)Nc1c(F)c(F)c(C(F)(F)F)c(F)c1F. The summed E-state index contributed by atoms with van der Waals surface area (Å²) < 4.78 is 93.8. The molecular weight excluding hydrogens is 443 g/mol. The second kappa shape index (κ2) is 9.63. The first-order valence-electron chi connectivity index (χ1n) is 9.69. The van der Waals surface area contributed by atoms with Crippen LogP contribution in [0.5, 0.6) is 0 Å². The molecule has 0 aliphatic carbocycles. The number of carbonyl (C=O) groups excluding carboxylic acids is 1. The van der Waals surface area contributed by atoms with Crippen molar-refractivity contribution in [2.75, 3.05) is 5.32 Å². The maximum absolute atomic E-state index is 14.1. The number of hydrogen-bond acceptors (Lipinski definition) is 1. The number of hydrogen-bond donors (Lipinski definition) is 1. The fraction of sp³-hybridized carbons (Fsp3) is 0.571. The van der Waals surface area contributed by atoms with Gasteiger partial charge in [-0.1, -0.05) is 47.2 Å². The van der Waals surface area contributed by atoms with Gasteiger partial charge in [-0.05, 0) is 11.5 Å². The van der Waals surface area contributed by atoms with Gasteiger partial charge in [0.1, 0.15) is 19.3 Å². The Balaban J connectivity index is 3.23. The monoisotopic (exact) mass is 469 g/mol. The van der Waals surface area contributed by atoms with Crippen molar-refractivity contribution in [3.05, 3.63) is 28.8 Å². The van der Waals surface area contributed by atoms with Crippen molar-refractivity contribution >= 4 is 19.7 Å². The Bertz CT molecular complexity index is 863. The number of anilines is 1. The quantitative estimate of drug-likeness (QED) is 0.213. The number of halogens is 7. The number of amides is 1. The second-order valence-corrected chi connectivity index (χ2v) is 13.9. The van der Waals surface area contributed by atoms with Crippen LogP contribution in [0.4, 0.5) is 36.4 Å². The third kappa shape index (κ3) is 6.25. The van der Waals surface area contributed by atoms with Crippen molar-refractivity contribution in [1.29, 1.82) is 0 Å². The van der Waals surface area contributed by atoms with E-state index < -0.39 is 60.6 Å². The van der Waals surface area contributed by atoms with Crippen molar-refractivity contribution < 1.29 is 35.5 Å². The molecule has 0 radical (unpaired) electrons. The van der Waals surface area contributed by atoms with Crippen molar-refractivity contribution in [1.82, 2.24) is 0 Å². The molecule has 0 saturated heterocycles. The first-order chi connectivity index (χ1) is 14.0. The zero-order valence-electron chi connectivity index (χ0n) is 18.3. The van der Waals surface area contributed by atoms with E-state index in [9.17, 15) is 35.5 Å². The van der Waals surface area contributed by atoms with Crippen LogP contribution < -0.4 is 5.32 Å². The summed E-state index contributed by atoms with van der Waals surface area (Å²) in [4.78, 5) is 12.5. The van der Waals surface area contributed by atoms with Crippen molar-refractivity contribution in [2.45, 2.75) is 71.3 Å². The smallest absolute Gasteiger partial charge is 0.321 e. The number of alkyl halides is 3. The van der Waals surface area contributed by atoms with Crippen molar-refractivity contribution in [3.63, 3.8) is 0 Å². The summed E-state index contributed by atoms with van der Waals surface area (Å²) in [5, 5.41) is 1.67. The molecule has 0 fully saturated rings. The van der Waals surface area contributed by atoms with Gasteiger partial charge in [0, 0.05) is 12.3 Å². The zero-order valence-corrected chi connectivity index (χ0v) is 19.3. The summed E-state index contributed by atoms with van der Waals surface area (Å²) in [6, 6.07) is 0. The van der Waals surface area contributed by atoms with Gasteiger partial charge in [0.25, 0.3) is 0 Å². The van der Waals surface area contributed by atoms with Crippen LogP contribution in [-0.2, 0) is 11.0 Å². The molecule has 10 heteroatoms. The van der Waals surface area contributed by atoms with Crippen LogP contribution in [-0.4, -0.2) is 14.0 Å². The second-order valence-electron chi connectivity index (χ2n) is 8.86. The van der Waals surface area contributed by atoms with E-state index in [-0.39, 0.29) is 17.9 Å². The minimum atomic E-state index is -5.65. The van der Waals surface area contributed by atoms with Gasteiger partial charge in [-0.25, -0.2) is 17.6 Å². The van der Waals surface area contributed by atoms with E-state index in [1.165, 1.54) is 0 Å². The number of carbonyl (C=O) groups is 1. The maximum Gasteiger partial charge on any atom is 0.422 e. The molecule has 1 amide bonds. The Labute approximate surface area is 178 Å². The predicted molar refractivity (Wildman–Crippen MR) is 108 cm³/mol. The van der Waals surface area contributed by atoms with Crippen LogP contribution in [0.25, 0.3) is 0 Å². The van der Waals surface area contributed by atoms with Crippen molar-refractivity contribution in [2.24, 2.45) is 5.92 Å². The largest absolute Gasteiger partial charge is 0.422 e. The lowest BCUT2D eigenvalue weighted by atomic mass is 9.99. The summed E-state index contributed by atoms with van der Waals surface area (Å²) in [7, 11) is -1.98. The molecule has 0 saturated carbocycles. The Morgan fingerprint density at radius 1 is 1.00 bits per heavy atom. The van der Waals surface area contributed by atoms with E-state index in [0.717, 1.165) is 0 Å². The molecule has 0 aliphatic rings. The molecule has 2 nitrogen and oxygen atoms in total. The van der Waals surface area contributed by atoms with Crippen molar-refractivity contribution in [3.8, 4) is 11.5 Å². The lowest BCUT2D eigenvalue weighted by molar-refractivity contribution is -0.143. The molecule has 0 spiro atoms. The maximum atomic E-state index is 14.1. The Kier molecular flexibility index (Phi) is 8.39. The van der Waals surface area contributed by atoms with Gasteiger partial charge in [0.2, 0.25) is 5.91 Å². The predicted octanol–water partition coefficient (Wildman–Crippen LogP) is 7.06. The van der Waals surface area contributed by atoms with E-state index in [4.69, 9.17) is 0 Å². The highest BCUT2D eigenvalue weighted by molar-refractivity contribution is 6.87. The zero-order chi connectivity index (χ0) is 24.4. The van der Waals surface area contributed by atoms with Crippen LogP contribution in [0.15, 0.2) is 0 Å². The summed E-state index contributed by atoms with van der Waals surface area (Å²) in [6.07, 6.45) is -4.86.